The minimum Gasteiger partial charge on any atom is -0.454 e. The predicted octanol–water partition coefficient (Wildman–Crippen LogP) is 4.31. The van der Waals surface area contributed by atoms with E-state index < -0.39 is 0 Å². The second-order valence-electron chi connectivity index (χ2n) is 3.48. The van der Waals surface area contributed by atoms with Crippen molar-refractivity contribution in [1.82, 2.24) is 0 Å². The maximum atomic E-state index is 5.83. The Morgan fingerprint density at radius 3 is 2.69 bits per heavy atom. The summed E-state index contributed by atoms with van der Waals surface area (Å²) in [4.78, 5) is 4.43. The number of hydrogen-bond acceptors (Lipinski definition) is 2. The molecule has 16 heavy (non-hydrogen) atoms. The molecule has 78 valence electrons. The smallest absolute Gasteiger partial charge is 0.154 e. The lowest BCUT2D eigenvalue weighted by molar-refractivity contribution is 0.484. The van der Waals surface area contributed by atoms with E-state index in [4.69, 9.17) is 4.74 Å². The van der Waals surface area contributed by atoms with E-state index in [1.165, 1.54) is 0 Å². The number of aliphatic imine (C=N–C) groups is 1. The number of hydrogen-bond donors (Lipinski definition) is 0. The van der Waals surface area contributed by atoms with Crippen molar-refractivity contribution in [2.45, 2.75) is 0 Å². The molecule has 0 fully saturated rings. The zero-order chi connectivity index (χ0) is 11.0. The molecule has 0 saturated carbocycles. The van der Waals surface area contributed by atoms with Gasteiger partial charge in [0.2, 0.25) is 0 Å². The van der Waals surface area contributed by atoms with Gasteiger partial charge < -0.3 is 4.74 Å². The molecule has 1 heterocycles. The van der Waals surface area contributed by atoms with Crippen LogP contribution in [0.4, 0.5) is 5.69 Å². The van der Waals surface area contributed by atoms with Crippen molar-refractivity contribution in [2.24, 2.45) is 4.99 Å². The third-order valence-electron chi connectivity index (χ3n) is 2.42. The summed E-state index contributed by atoms with van der Waals surface area (Å²) in [5.41, 5.74) is 1.82. The highest BCUT2D eigenvalue weighted by molar-refractivity contribution is 9.10. The zero-order valence-corrected chi connectivity index (χ0v) is 9.94. The Hall–Kier alpha value is -1.61. The lowest BCUT2D eigenvalue weighted by Crippen LogP contribution is -1.86. The average Bonchev–Trinajstić information content (AvgIpc) is 2.48. The van der Waals surface area contributed by atoms with Crippen molar-refractivity contribution in [1.29, 1.82) is 0 Å². The number of benzene rings is 2. The molecule has 3 heteroatoms. The second-order valence-corrected chi connectivity index (χ2v) is 4.34. The maximum Gasteiger partial charge on any atom is 0.154 e. The molecular weight excluding hydrogens is 266 g/mol. The highest BCUT2D eigenvalue weighted by Crippen LogP contribution is 2.40. The van der Waals surface area contributed by atoms with Crippen LogP contribution in [0.5, 0.6) is 11.5 Å². The molecule has 1 aliphatic heterocycles. The second kappa shape index (κ2) is 3.76. The minimum absolute atomic E-state index is 0.774. The Kier molecular flexibility index (Phi) is 2.26. The van der Waals surface area contributed by atoms with Crippen LogP contribution in [-0.4, -0.2) is 6.21 Å². The van der Waals surface area contributed by atoms with Gasteiger partial charge in [-0.25, -0.2) is 0 Å². The lowest BCUT2D eigenvalue weighted by atomic mass is 10.2. The Morgan fingerprint density at radius 2 is 1.75 bits per heavy atom. The summed E-state index contributed by atoms with van der Waals surface area (Å²) in [5, 5.41) is 0. The fourth-order valence-corrected chi connectivity index (χ4v) is 2.09. The topological polar surface area (TPSA) is 21.6 Å². The number of fused-ring (bicyclic) bond motifs is 2. The Labute approximate surface area is 102 Å². The molecule has 0 amide bonds. The van der Waals surface area contributed by atoms with Gasteiger partial charge in [0, 0.05) is 16.3 Å². The van der Waals surface area contributed by atoms with E-state index in [-0.39, 0.29) is 0 Å². The van der Waals surface area contributed by atoms with Crippen molar-refractivity contribution in [2.75, 3.05) is 0 Å². The molecule has 0 aromatic heterocycles. The minimum atomic E-state index is 0.774. The van der Waals surface area contributed by atoms with Crippen LogP contribution in [0.25, 0.3) is 0 Å². The Morgan fingerprint density at radius 1 is 0.938 bits per heavy atom. The molecule has 3 rings (SSSR count). The molecule has 0 aliphatic carbocycles. The summed E-state index contributed by atoms with van der Waals surface area (Å²) in [6, 6.07) is 13.7. The predicted molar refractivity (Wildman–Crippen MR) is 67.9 cm³/mol. The molecular formula is C13H8BrNO. The van der Waals surface area contributed by atoms with Crippen LogP contribution in [0.3, 0.4) is 0 Å². The first-order valence-corrected chi connectivity index (χ1v) is 5.73. The van der Waals surface area contributed by atoms with Gasteiger partial charge in [-0.05, 0) is 40.2 Å². The van der Waals surface area contributed by atoms with Gasteiger partial charge in [-0.1, -0.05) is 18.2 Å². The molecule has 0 atom stereocenters. The van der Waals surface area contributed by atoms with E-state index >= 15 is 0 Å². The molecule has 0 saturated heterocycles. The van der Waals surface area contributed by atoms with Crippen molar-refractivity contribution in [3.8, 4) is 11.5 Å². The van der Waals surface area contributed by atoms with Gasteiger partial charge in [-0.15, -0.1) is 0 Å². The normalized spacial score (nSPS) is 12.3. The molecule has 1 aliphatic rings. The van der Waals surface area contributed by atoms with Crippen molar-refractivity contribution in [3.63, 3.8) is 0 Å². The Balaban J connectivity index is 2.21. The monoisotopic (exact) mass is 273 g/mol. The van der Waals surface area contributed by atoms with E-state index in [2.05, 4.69) is 20.9 Å². The molecule has 0 spiro atoms. The standard InChI is InChI=1S/C13H8BrNO/c14-10-5-3-7-12-13(10)15-8-9-4-1-2-6-11(9)16-12/h1-8H. The van der Waals surface area contributed by atoms with Crippen LogP contribution in [0.15, 0.2) is 51.9 Å². The molecule has 0 N–H and O–H groups in total. The third-order valence-corrected chi connectivity index (χ3v) is 3.06. The zero-order valence-electron chi connectivity index (χ0n) is 8.35. The van der Waals surface area contributed by atoms with Crippen LogP contribution >= 0.6 is 15.9 Å². The van der Waals surface area contributed by atoms with Crippen LogP contribution in [0, 0.1) is 0 Å². The molecule has 0 unspecified atom stereocenters. The summed E-state index contributed by atoms with van der Waals surface area (Å²) >= 11 is 3.47. The van der Waals surface area contributed by atoms with E-state index in [1.54, 1.807) is 0 Å². The summed E-state index contributed by atoms with van der Waals surface area (Å²) in [6.45, 7) is 0. The fourth-order valence-electron chi connectivity index (χ4n) is 1.64. The fraction of sp³-hybridized carbons (Fsp3) is 0. The molecule has 0 radical (unpaired) electrons. The summed E-state index contributed by atoms with van der Waals surface area (Å²) in [5.74, 6) is 1.61. The Bertz CT molecular complexity index is 578. The average molecular weight is 274 g/mol. The first kappa shape index (κ1) is 9.60. The van der Waals surface area contributed by atoms with Gasteiger partial charge in [0.15, 0.2) is 5.75 Å². The van der Waals surface area contributed by atoms with Gasteiger partial charge in [0.25, 0.3) is 0 Å². The van der Waals surface area contributed by atoms with Crippen molar-refractivity contribution >= 4 is 27.8 Å². The first-order valence-electron chi connectivity index (χ1n) is 4.94. The van der Waals surface area contributed by atoms with Gasteiger partial charge in [-0.2, -0.15) is 0 Å². The number of halogens is 1. The SMILES string of the molecule is Brc1cccc2c1N=Cc1ccccc1O2. The van der Waals surface area contributed by atoms with E-state index in [1.807, 2.05) is 48.7 Å². The molecule has 2 aromatic rings. The molecule has 0 bridgehead atoms. The van der Waals surface area contributed by atoms with Gasteiger partial charge in [0.1, 0.15) is 11.4 Å². The first-order chi connectivity index (χ1) is 7.84. The van der Waals surface area contributed by atoms with Crippen molar-refractivity contribution in [3.05, 3.63) is 52.5 Å². The van der Waals surface area contributed by atoms with Gasteiger partial charge in [-0.3, -0.25) is 4.99 Å². The van der Waals surface area contributed by atoms with E-state index in [0.29, 0.717) is 0 Å². The lowest BCUT2D eigenvalue weighted by Gasteiger charge is -2.07. The van der Waals surface area contributed by atoms with E-state index in [9.17, 15) is 0 Å². The highest BCUT2D eigenvalue weighted by atomic mass is 79.9. The van der Waals surface area contributed by atoms with Crippen LogP contribution in [-0.2, 0) is 0 Å². The highest BCUT2D eigenvalue weighted by Gasteiger charge is 2.12. The number of ether oxygens (including phenoxy) is 1. The third kappa shape index (κ3) is 1.53. The number of nitrogens with zero attached hydrogens (tertiary/aromatic N) is 1. The number of para-hydroxylation sites is 2. The maximum absolute atomic E-state index is 5.83. The summed E-state index contributed by atoms with van der Waals surface area (Å²) in [6.07, 6.45) is 1.83. The van der Waals surface area contributed by atoms with Gasteiger partial charge in [0.05, 0.1) is 0 Å². The summed E-state index contributed by atoms with van der Waals surface area (Å²) < 4.78 is 6.77. The molecule has 2 aromatic carbocycles. The quantitative estimate of drug-likeness (QED) is 0.598. The van der Waals surface area contributed by atoms with Crippen LogP contribution < -0.4 is 4.74 Å². The number of rotatable bonds is 0. The largest absolute Gasteiger partial charge is 0.454 e. The van der Waals surface area contributed by atoms with Crippen molar-refractivity contribution < 1.29 is 4.74 Å². The summed E-state index contributed by atoms with van der Waals surface area (Å²) in [7, 11) is 0. The van der Waals surface area contributed by atoms with Gasteiger partial charge >= 0.3 is 0 Å². The molecule has 2 nitrogen and oxygen atoms in total. The van der Waals surface area contributed by atoms with E-state index in [0.717, 1.165) is 27.2 Å². The van der Waals surface area contributed by atoms with Crippen LogP contribution in [0.2, 0.25) is 0 Å². The van der Waals surface area contributed by atoms with Crippen LogP contribution in [0.1, 0.15) is 5.56 Å².